The molecule has 0 aromatic heterocycles. The van der Waals surface area contributed by atoms with Crippen LogP contribution in [0.2, 0.25) is 0 Å². The zero-order chi connectivity index (χ0) is 22.6. The maximum absolute atomic E-state index is 13.3. The summed E-state index contributed by atoms with van der Waals surface area (Å²) >= 11 is 0. The largest absolute Gasteiger partial charge is 0.417 e. The van der Waals surface area contributed by atoms with E-state index in [1.165, 1.54) is 12.1 Å². The molecule has 158 valence electrons. The molecule has 0 spiro atoms. The molecule has 3 aromatic carbocycles. The van der Waals surface area contributed by atoms with E-state index < -0.39 is 28.8 Å². The highest BCUT2D eigenvalue weighted by atomic mass is 19.4. The van der Waals surface area contributed by atoms with Crippen LogP contribution in [0.4, 0.5) is 18.9 Å². The van der Waals surface area contributed by atoms with E-state index in [1.807, 2.05) is 19.1 Å². The van der Waals surface area contributed by atoms with Crippen LogP contribution in [0.5, 0.6) is 0 Å². The standard InChI is InChI=1S/C24H19F3N2O2/c1-16-6-5-7-17(12-16)14-23(31,19-8-3-2-4-9-19)22(30)29-20-11-10-18(15-28)21(13-20)24(25,26)27/h2-13,31H,14H2,1H3,(H,29,30)/t23-/m0/s1. The van der Waals surface area contributed by atoms with E-state index in [4.69, 9.17) is 5.26 Å². The van der Waals surface area contributed by atoms with Crippen molar-refractivity contribution in [2.24, 2.45) is 0 Å². The molecule has 0 radical (unpaired) electrons. The molecule has 0 fully saturated rings. The number of halogens is 3. The number of benzene rings is 3. The second kappa shape index (κ2) is 8.62. The Kier molecular flexibility index (Phi) is 6.14. The van der Waals surface area contributed by atoms with Crippen LogP contribution < -0.4 is 5.32 Å². The van der Waals surface area contributed by atoms with Gasteiger partial charge in [-0.05, 0) is 36.2 Å². The van der Waals surface area contributed by atoms with Crippen LogP contribution in [0, 0.1) is 18.3 Å². The molecule has 3 rings (SSSR count). The Bertz CT molecular complexity index is 1140. The second-order valence-electron chi connectivity index (χ2n) is 7.22. The van der Waals surface area contributed by atoms with Gasteiger partial charge >= 0.3 is 6.18 Å². The fourth-order valence-electron chi connectivity index (χ4n) is 3.33. The van der Waals surface area contributed by atoms with Crippen molar-refractivity contribution >= 4 is 11.6 Å². The predicted molar refractivity (Wildman–Crippen MR) is 110 cm³/mol. The number of carbonyl (C=O) groups excluding carboxylic acids is 1. The highest BCUT2D eigenvalue weighted by Gasteiger charge is 2.39. The number of aliphatic hydroxyl groups is 1. The average molecular weight is 424 g/mol. The second-order valence-corrected chi connectivity index (χ2v) is 7.22. The number of anilines is 1. The zero-order valence-electron chi connectivity index (χ0n) is 16.6. The van der Waals surface area contributed by atoms with Gasteiger partial charge in [-0.15, -0.1) is 0 Å². The van der Waals surface area contributed by atoms with Crippen LogP contribution >= 0.6 is 0 Å². The Hall–Kier alpha value is -3.63. The Morgan fingerprint density at radius 1 is 1.03 bits per heavy atom. The maximum atomic E-state index is 13.3. The van der Waals surface area contributed by atoms with E-state index in [0.29, 0.717) is 17.2 Å². The maximum Gasteiger partial charge on any atom is 0.417 e. The molecule has 0 heterocycles. The van der Waals surface area contributed by atoms with Gasteiger partial charge in [0, 0.05) is 12.1 Å². The summed E-state index contributed by atoms with van der Waals surface area (Å²) in [5.41, 5.74) is -1.97. The van der Waals surface area contributed by atoms with Gasteiger partial charge in [0.25, 0.3) is 5.91 Å². The lowest BCUT2D eigenvalue weighted by Gasteiger charge is -2.28. The molecular formula is C24H19F3N2O2. The minimum absolute atomic E-state index is 0.0765. The first kappa shape index (κ1) is 22.1. The fraction of sp³-hybridized carbons (Fsp3) is 0.167. The minimum Gasteiger partial charge on any atom is -0.375 e. The highest BCUT2D eigenvalue weighted by Crippen LogP contribution is 2.34. The molecule has 0 unspecified atom stereocenters. The van der Waals surface area contributed by atoms with Gasteiger partial charge in [0.2, 0.25) is 0 Å². The van der Waals surface area contributed by atoms with Crippen LogP contribution in [0.1, 0.15) is 27.8 Å². The molecule has 3 aromatic rings. The molecule has 0 saturated carbocycles. The Morgan fingerprint density at radius 2 is 1.74 bits per heavy atom. The van der Waals surface area contributed by atoms with Crippen molar-refractivity contribution in [2.75, 3.05) is 5.32 Å². The summed E-state index contributed by atoms with van der Waals surface area (Å²) in [5, 5.41) is 22.7. The number of nitriles is 1. The lowest BCUT2D eigenvalue weighted by atomic mass is 9.86. The smallest absolute Gasteiger partial charge is 0.375 e. The van der Waals surface area contributed by atoms with Crippen molar-refractivity contribution in [2.45, 2.75) is 25.1 Å². The Balaban J connectivity index is 1.99. The van der Waals surface area contributed by atoms with E-state index in [9.17, 15) is 23.1 Å². The van der Waals surface area contributed by atoms with E-state index in [-0.39, 0.29) is 12.1 Å². The number of hydrogen-bond acceptors (Lipinski definition) is 3. The van der Waals surface area contributed by atoms with E-state index in [2.05, 4.69) is 5.32 Å². The van der Waals surface area contributed by atoms with Gasteiger partial charge in [0.05, 0.1) is 17.2 Å². The van der Waals surface area contributed by atoms with E-state index >= 15 is 0 Å². The first-order valence-corrected chi connectivity index (χ1v) is 9.40. The predicted octanol–water partition coefficient (Wildman–Crippen LogP) is 4.95. The highest BCUT2D eigenvalue weighted by molar-refractivity contribution is 5.98. The van der Waals surface area contributed by atoms with Crippen molar-refractivity contribution in [3.8, 4) is 6.07 Å². The molecule has 4 nitrogen and oxygen atoms in total. The molecule has 0 aliphatic heterocycles. The van der Waals surface area contributed by atoms with Crippen LogP contribution in [-0.4, -0.2) is 11.0 Å². The average Bonchev–Trinajstić information content (AvgIpc) is 2.73. The number of amides is 1. The minimum atomic E-state index is -4.76. The quantitative estimate of drug-likeness (QED) is 0.608. The number of nitrogens with zero attached hydrogens (tertiary/aromatic N) is 1. The number of hydrogen-bond donors (Lipinski definition) is 2. The van der Waals surface area contributed by atoms with Crippen molar-refractivity contribution in [1.82, 2.24) is 0 Å². The van der Waals surface area contributed by atoms with Crippen LogP contribution in [0.3, 0.4) is 0 Å². The molecule has 1 amide bonds. The third-order valence-electron chi connectivity index (χ3n) is 4.87. The third-order valence-corrected chi connectivity index (χ3v) is 4.87. The van der Waals surface area contributed by atoms with Gasteiger partial charge < -0.3 is 10.4 Å². The Morgan fingerprint density at radius 3 is 2.35 bits per heavy atom. The summed E-state index contributed by atoms with van der Waals surface area (Å²) < 4.78 is 39.8. The van der Waals surface area contributed by atoms with E-state index in [0.717, 1.165) is 11.6 Å². The summed E-state index contributed by atoms with van der Waals surface area (Å²) in [7, 11) is 0. The molecule has 31 heavy (non-hydrogen) atoms. The molecule has 1 atom stereocenters. The summed E-state index contributed by atoms with van der Waals surface area (Å²) in [4.78, 5) is 13.1. The first-order valence-electron chi connectivity index (χ1n) is 9.40. The molecule has 7 heteroatoms. The van der Waals surface area contributed by atoms with Gasteiger partial charge in [-0.2, -0.15) is 18.4 Å². The van der Waals surface area contributed by atoms with Crippen LogP contribution in [0.15, 0.2) is 72.8 Å². The number of alkyl halides is 3. The zero-order valence-corrected chi connectivity index (χ0v) is 16.6. The van der Waals surface area contributed by atoms with Gasteiger partial charge in [-0.1, -0.05) is 60.2 Å². The van der Waals surface area contributed by atoms with Crippen LogP contribution in [0.25, 0.3) is 0 Å². The van der Waals surface area contributed by atoms with E-state index in [1.54, 1.807) is 42.5 Å². The number of rotatable bonds is 5. The normalized spacial score (nSPS) is 13.2. The topological polar surface area (TPSA) is 73.1 Å². The van der Waals surface area contributed by atoms with Gasteiger partial charge in [0.15, 0.2) is 5.60 Å². The van der Waals surface area contributed by atoms with Crippen molar-refractivity contribution in [3.05, 3.63) is 101 Å². The molecule has 0 aliphatic carbocycles. The van der Waals surface area contributed by atoms with Crippen LogP contribution in [-0.2, 0) is 23.0 Å². The summed E-state index contributed by atoms with van der Waals surface area (Å²) in [6, 6.07) is 19.8. The molecule has 0 aliphatic rings. The van der Waals surface area contributed by atoms with Gasteiger partial charge in [-0.25, -0.2) is 0 Å². The number of nitrogens with one attached hydrogen (secondary N) is 1. The lowest BCUT2D eigenvalue weighted by Crippen LogP contribution is -2.42. The monoisotopic (exact) mass is 424 g/mol. The molecule has 0 saturated heterocycles. The molecule has 2 N–H and O–H groups in total. The lowest BCUT2D eigenvalue weighted by molar-refractivity contribution is -0.138. The first-order chi connectivity index (χ1) is 14.6. The van der Waals surface area contributed by atoms with Gasteiger partial charge in [0.1, 0.15) is 0 Å². The van der Waals surface area contributed by atoms with Crippen molar-refractivity contribution in [1.29, 1.82) is 5.26 Å². The third kappa shape index (κ3) is 4.93. The molecule has 0 bridgehead atoms. The fourth-order valence-corrected chi connectivity index (χ4v) is 3.33. The van der Waals surface area contributed by atoms with Crippen molar-refractivity contribution in [3.63, 3.8) is 0 Å². The van der Waals surface area contributed by atoms with Gasteiger partial charge in [-0.3, -0.25) is 4.79 Å². The number of aryl methyl sites for hydroxylation is 1. The summed E-state index contributed by atoms with van der Waals surface area (Å²) in [6.45, 7) is 1.88. The summed E-state index contributed by atoms with van der Waals surface area (Å²) in [6.07, 6.45) is -4.84. The Labute approximate surface area is 177 Å². The van der Waals surface area contributed by atoms with Crippen molar-refractivity contribution < 1.29 is 23.1 Å². The number of carbonyl (C=O) groups is 1. The molecular weight excluding hydrogens is 405 g/mol. The SMILES string of the molecule is Cc1cccc(C[C@@](O)(C(=O)Nc2ccc(C#N)c(C(F)(F)F)c2)c2ccccc2)c1. The summed E-state index contributed by atoms with van der Waals surface area (Å²) in [5.74, 6) is -0.877.